The molecule has 1 aliphatic rings. The summed E-state index contributed by atoms with van der Waals surface area (Å²) < 4.78 is 5.52. The van der Waals surface area contributed by atoms with Crippen molar-refractivity contribution in [2.75, 3.05) is 27.2 Å². The molecule has 1 saturated carbocycles. The smallest absolute Gasteiger partial charge is 0.123 e. The third-order valence-corrected chi connectivity index (χ3v) is 4.31. The van der Waals surface area contributed by atoms with Crippen molar-refractivity contribution in [2.24, 2.45) is 5.92 Å². The van der Waals surface area contributed by atoms with Gasteiger partial charge in [-0.25, -0.2) is 0 Å². The molecular weight excluding hydrogens is 248 g/mol. The molecule has 1 aromatic carbocycles. The van der Waals surface area contributed by atoms with E-state index in [9.17, 15) is 0 Å². The topological polar surface area (TPSA) is 24.5 Å². The fourth-order valence-electron chi connectivity index (χ4n) is 2.86. The Kier molecular flexibility index (Phi) is 5.86. The molecule has 1 aliphatic carbocycles. The minimum atomic E-state index is 0.908. The maximum Gasteiger partial charge on any atom is 0.123 e. The maximum atomic E-state index is 5.52. The van der Waals surface area contributed by atoms with Gasteiger partial charge < -0.3 is 10.1 Å². The van der Waals surface area contributed by atoms with E-state index < -0.39 is 0 Å². The average molecular weight is 276 g/mol. The van der Waals surface area contributed by atoms with Gasteiger partial charge in [-0.15, -0.1) is 0 Å². The lowest BCUT2D eigenvalue weighted by atomic mass is 9.85. The molecule has 0 aliphatic heterocycles. The molecule has 1 aromatic rings. The van der Waals surface area contributed by atoms with E-state index >= 15 is 0 Å². The van der Waals surface area contributed by atoms with E-state index in [1.165, 1.54) is 36.9 Å². The van der Waals surface area contributed by atoms with Crippen molar-refractivity contribution >= 4 is 0 Å². The first-order chi connectivity index (χ1) is 9.76. The lowest BCUT2D eigenvalue weighted by molar-refractivity contribution is 0.177. The Balaban J connectivity index is 2.05. The molecule has 0 unspecified atom stereocenters. The highest BCUT2D eigenvalue weighted by Gasteiger charge is 2.20. The van der Waals surface area contributed by atoms with E-state index in [0.717, 1.165) is 31.3 Å². The van der Waals surface area contributed by atoms with Gasteiger partial charge in [-0.05, 0) is 50.0 Å². The maximum absolute atomic E-state index is 5.52. The Bertz CT molecular complexity index is 415. The van der Waals surface area contributed by atoms with Crippen LogP contribution in [0, 0.1) is 5.92 Å². The van der Waals surface area contributed by atoms with E-state index in [4.69, 9.17) is 4.74 Å². The first kappa shape index (κ1) is 15.3. The Morgan fingerprint density at radius 1 is 1.35 bits per heavy atom. The lowest BCUT2D eigenvalue weighted by Gasteiger charge is -2.32. The van der Waals surface area contributed by atoms with Crippen LogP contribution in [0.4, 0.5) is 0 Å². The van der Waals surface area contributed by atoms with E-state index in [1.807, 2.05) is 7.05 Å². The summed E-state index contributed by atoms with van der Waals surface area (Å²) in [4.78, 5) is 2.55. The Morgan fingerprint density at radius 3 is 2.70 bits per heavy atom. The number of methoxy groups -OCH3 is 1. The van der Waals surface area contributed by atoms with Crippen LogP contribution in [0.1, 0.15) is 37.3 Å². The standard InChI is InChI=1S/C17H28N2O/c1-4-19(12-14-6-5-7-14)13-16-10-15(11-18-2)8-9-17(16)20-3/h8-10,14,18H,4-7,11-13H2,1-3H3. The van der Waals surface area contributed by atoms with Crippen LogP contribution in [0.15, 0.2) is 18.2 Å². The lowest BCUT2D eigenvalue weighted by Crippen LogP contribution is -2.32. The Labute approximate surface area is 123 Å². The van der Waals surface area contributed by atoms with Gasteiger partial charge in [0.05, 0.1) is 7.11 Å². The molecule has 1 fully saturated rings. The van der Waals surface area contributed by atoms with Crippen molar-refractivity contribution in [3.8, 4) is 5.75 Å². The molecule has 0 atom stereocenters. The first-order valence-electron chi connectivity index (χ1n) is 7.79. The fraction of sp³-hybridized carbons (Fsp3) is 0.647. The van der Waals surface area contributed by atoms with Gasteiger partial charge in [0.25, 0.3) is 0 Å². The Morgan fingerprint density at radius 2 is 2.15 bits per heavy atom. The molecule has 20 heavy (non-hydrogen) atoms. The summed E-state index contributed by atoms with van der Waals surface area (Å²) in [5.41, 5.74) is 2.63. The third kappa shape index (κ3) is 3.97. The van der Waals surface area contributed by atoms with Crippen LogP contribution < -0.4 is 10.1 Å². The molecule has 2 rings (SSSR count). The largest absolute Gasteiger partial charge is 0.496 e. The number of ether oxygens (including phenoxy) is 1. The highest BCUT2D eigenvalue weighted by atomic mass is 16.5. The summed E-state index contributed by atoms with van der Waals surface area (Å²) in [6.45, 7) is 6.49. The van der Waals surface area contributed by atoms with Crippen LogP contribution in [0.5, 0.6) is 5.75 Å². The van der Waals surface area contributed by atoms with Gasteiger partial charge in [-0.1, -0.05) is 19.4 Å². The zero-order chi connectivity index (χ0) is 14.4. The predicted molar refractivity (Wildman–Crippen MR) is 84.0 cm³/mol. The van der Waals surface area contributed by atoms with Gasteiger partial charge in [0.1, 0.15) is 5.75 Å². The molecule has 1 N–H and O–H groups in total. The van der Waals surface area contributed by atoms with E-state index in [0.29, 0.717) is 0 Å². The normalized spacial score (nSPS) is 15.4. The number of nitrogens with one attached hydrogen (secondary N) is 1. The molecule has 0 heterocycles. The second kappa shape index (κ2) is 7.65. The fourth-order valence-corrected chi connectivity index (χ4v) is 2.86. The molecule has 0 spiro atoms. The minimum absolute atomic E-state index is 0.908. The van der Waals surface area contributed by atoms with Gasteiger partial charge >= 0.3 is 0 Å². The zero-order valence-corrected chi connectivity index (χ0v) is 13.1. The van der Waals surface area contributed by atoms with Crippen LogP contribution >= 0.6 is 0 Å². The monoisotopic (exact) mass is 276 g/mol. The van der Waals surface area contributed by atoms with Crippen LogP contribution in [0.3, 0.4) is 0 Å². The molecular formula is C17H28N2O. The summed E-state index contributed by atoms with van der Waals surface area (Å²) in [5.74, 6) is 1.93. The second-order valence-corrected chi connectivity index (χ2v) is 5.80. The molecule has 0 radical (unpaired) electrons. The molecule has 0 aromatic heterocycles. The van der Waals surface area contributed by atoms with Crippen molar-refractivity contribution in [3.05, 3.63) is 29.3 Å². The van der Waals surface area contributed by atoms with Crippen LogP contribution in [0.25, 0.3) is 0 Å². The molecule has 0 saturated heterocycles. The minimum Gasteiger partial charge on any atom is -0.496 e. The van der Waals surface area contributed by atoms with Crippen molar-refractivity contribution < 1.29 is 4.74 Å². The van der Waals surface area contributed by atoms with E-state index in [1.54, 1.807) is 7.11 Å². The molecule has 3 nitrogen and oxygen atoms in total. The van der Waals surface area contributed by atoms with Crippen molar-refractivity contribution in [1.29, 1.82) is 0 Å². The number of hydrogen-bond acceptors (Lipinski definition) is 3. The molecule has 112 valence electrons. The summed E-state index contributed by atoms with van der Waals surface area (Å²) in [5, 5.41) is 3.21. The van der Waals surface area contributed by atoms with Crippen LogP contribution in [0.2, 0.25) is 0 Å². The van der Waals surface area contributed by atoms with Gasteiger partial charge in [0.2, 0.25) is 0 Å². The van der Waals surface area contributed by atoms with Gasteiger partial charge in [-0.3, -0.25) is 4.90 Å². The van der Waals surface area contributed by atoms with Crippen molar-refractivity contribution in [2.45, 2.75) is 39.3 Å². The van der Waals surface area contributed by atoms with Gasteiger partial charge in [-0.2, -0.15) is 0 Å². The number of rotatable bonds is 8. The highest BCUT2D eigenvalue weighted by Crippen LogP contribution is 2.28. The summed E-state index contributed by atoms with van der Waals surface area (Å²) >= 11 is 0. The SMILES string of the molecule is CCN(Cc1cc(CNC)ccc1OC)CC1CCC1. The second-order valence-electron chi connectivity index (χ2n) is 5.80. The van der Waals surface area contributed by atoms with Crippen LogP contribution in [-0.2, 0) is 13.1 Å². The average Bonchev–Trinajstić information content (AvgIpc) is 2.42. The first-order valence-corrected chi connectivity index (χ1v) is 7.79. The quantitative estimate of drug-likeness (QED) is 0.790. The molecule has 0 bridgehead atoms. The van der Waals surface area contributed by atoms with Gasteiger partial charge in [0, 0.05) is 25.2 Å². The van der Waals surface area contributed by atoms with Gasteiger partial charge in [0.15, 0.2) is 0 Å². The molecule has 3 heteroatoms. The highest BCUT2D eigenvalue weighted by molar-refractivity contribution is 5.37. The van der Waals surface area contributed by atoms with E-state index in [2.05, 4.69) is 35.3 Å². The van der Waals surface area contributed by atoms with Crippen LogP contribution in [-0.4, -0.2) is 32.1 Å². The number of hydrogen-bond donors (Lipinski definition) is 1. The van der Waals surface area contributed by atoms with Crippen molar-refractivity contribution in [1.82, 2.24) is 10.2 Å². The van der Waals surface area contributed by atoms with Crippen molar-refractivity contribution in [3.63, 3.8) is 0 Å². The Hall–Kier alpha value is -1.06. The van der Waals surface area contributed by atoms with E-state index in [-0.39, 0.29) is 0 Å². The summed E-state index contributed by atoms with van der Waals surface area (Å²) in [7, 11) is 3.75. The zero-order valence-electron chi connectivity index (χ0n) is 13.1. The molecule has 0 amide bonds. The summed E-state index contributed by atoms with van der Waals surface area (Å²) in [6, 6.07) is 6.51. The third-order valence-electron chi connectivity index (χ3n) is 4.31. The number of benzene rings is 1. The predicted octanol–water partition coefficient (Wildman–Crippen LogP) is 3.04. The number of nitrogens with zero attached hydrogens (tertiary/aromatic N) is 1. The summed E-state index contributed by atoms with van der Waals surface area (Å²) in [6.07, 6.45) is 4.24.